The molecule has 0 bridgehead atoms. The first kappa shape index (κ1) is 20.0. The zero-order valence-electron chi connectivity index (χ0n) is 16.0. The van der Waals surface area contributed by atoms with Gasteiger partial charge in [0.05, 0.1) is 18.8 Å². The van der Waals surface area contributed by atoms with Crippen molar-refractivity contribution >= 4 is 17.7 Å². The summed E-state index contributed by atoms with van der Waals surface area (Å²) in [6.07, 6.45) is 2.77. The fourth-order valence-electron chi connectivity index (χ4n) is 3.19. The van der Waals surface area contributed by atoms with E-state index in [0.717, 1.165) is 36.5 Å². The molecule has 0 saturated carbocycles. The van der Waals surface area contributed by atoms with E-state index in [4.69, 9.17) is 4.74 Å². The summed E-state index contributed by atoms with van der Waals surface area (Å²) >= 11 is 0. The van der Waals surface area contributed by atoms with Gasteiger partial charge in [-0.05, 0) is 49.8 Å². The number of benzene rings is 2. The highest BCUT2D eigenvalue weighted by molar-refractivity contribution is 5.92. The van der Waals surface area contributed by atoms with Crippen molar-refractivity contribution in [3.8, 4) is 0 Å². The van der Waals surface area contributed by atoms with Crippen LogP contribution in [0, 0.1) is 11.6 Å². The van der Waals surface area contributed by atoms with Gasteiger partial charge in [-0.1, -0.05) is 12.1 Å². The first-order valence-electron chi connectivity index (χ1n) is 9.32. The Kier molecular flexibility index (Phi) is 6.41. The monoisotopic (exact) mass is 386 g/mol. The van der Waals surface area contributed by atoms with Crippen LogP contribution in [0.15, 0.2) is 48.5 Å². The minimum Gasteiger partial charge on any atom is -0.375 e. The Labute approximate surface area is 163 Å². The second kappa shape index (κ2) is 8.97. The van der Waals surface area contributed by atoms with Crippen molar-refractivity contribution in [3.05, 3.63) is 71.3 Å². The zero-order chi connectivity index (χ0) is 20.1. The Hall–Kier alpha value is -2.73. The lowest BCUT2D eigenvalue weighted by molar-refractivity contribution is -0.117. The highest BCUT2D eigenvalue weighted by Crippen LogP contribution is 2.22. The van der Waals surface area contributed by atoms with Crippen molar-refractivity contribution in [2.75, 3.05) is 24.6 Å². The molecule has 6 heteroatoms. The van der Waals surface area contributed by atoms with Crippen LogP contribution in [0.4, 0.5) is 14.5 Å². The predicted octanol–water partition coefficient (Wildman–Crippen LogP) is 4.08. The fourth-order valence-corrected chi connectivity index (χ4v) is 3.19. The zero-order valence-corrected chi connectivity index (χ0v) is 16.0. The van der Waals surface area contributed by atoms with Crippen molar-refractivity contribution in [2.45, 2.75) is 26.0 Å². The van der Waals surface area contributed by atoms with Gasteiger partial charge >= 0.3 is 0 Å². The predicted molar refractivity (Wildman–Crippen MR) is 106 cm³/mol. The van der Waals surface area contributed by atoms with Crippen molar-refractivity contribution in [3.63, 3.8) is 0 Å². The molecule has 0 aliphatic carbocycles. The number of ether oxygens (including phenoxy) is 1. The molecule has 2 aromatic rings. The molecule has 2 aromatic carbocycles. The quantitative estimate of drug-likeness (QED) is 0.788. The van der Waals surface area contributed by atoms with E-state index >= 15 is 0 Å². The number of carbonyl (C=O) groups is 1. The van der Waals surface area contributed by atoms with E-state index in [0.29, 0.717) is 6.61 Å². The van der Waals surface area contributed by atoms with Crippen molar-refractivity contribution in [1.82, 2.24) is 5.32 Å². The maximum atomic E-state index is 13.6. The number of morpholine rings is 1. The molecule has 28 heavy (non-hydrogen) atoms. The average molecular weight is 386 g/mol. The third kappa shape index (κ3) is 5.16. The lowest BCUT2D eigenvalue weighted by Gasteiger charge is -2.33. The van der Waals surface area contributed by atoms with E-state index < -0.39 is 11.6 Å². The summed E-state index contributed by atoms with van der Waals surface area (Å²) < 4.78 is 32.2. The number of rotatable bonds is 5. The Morgan fingerprint density at radius 1 is 1.29 bits per heavy atom. The molecular weight excluding hydrogens is 362 g/mol. The van der Waals surface area contributed by atoms with Gasteiger partial charge in [-0.15, -0.1) is 0 Å². The number of nitrogens with one attached hydrogen (secondary N) is 1. The van der Waals surface area contributed by atoms with Gasteiger partial charge in [-0.25, -0.2) is 8.78 Å². The number of carbonyl (C=O) groups excluding carboxylic acids is 1. The van der Waals surface area contributed by atoms with E-state index in [1.807, 2.05) is 25.1 Å². The van der Waals surface area contributed by atoms with Gasteiger partial charge in [0.15, 0.2) is 0 Å². The van der Waals surface area contributed by atoms with Crippen molar-refractivity contribution in [1.29, 1.82) is 0 Å². The van der Waals surface area contributed by atoms with E-state index in [2.05, 4.69) is 23.2 Å². The second-order valence-corrected chi connectivity index (χ2v) is 6.95. The molecule has 0 spiro atoms. The Bertz CT molecular complexity index is 869. The first-order valence-corrected chi connectivity index (χ1v) is 9.32. The summed E-state index contributed by atoms with van der Waals surface area (Å²) in [5, 5.41) is 2.87. The maximum Gasteiger partial charge on any atom is 0.244 e. The minimum absolute atomic E-state index is 0.160. The number of amides is 1. The Balaban J connectivity index is 1.64. The largest absolute Gasteiger partial charge is 0.375 e. The van der Waals surface area contributed by atoms with Gasteiger partial charge in [0.1, 0.15) is 11.6 Å². The molecule has 0 aromatic heterocycles. The molecule has 1 aliphatic rings. The van der Waals surface area contributed by atoms with Gasteiger partial charge < -0.3 is 15.0 Å². The van der Waals surface area contributed by atoms with Crippen LogP contribution >= 0.6 is 0 Å². The summed E-state index contributed by atoms with van der Waals surface area (Å²) in [6.45, 7) is 6.31. The summed E-state index contributed by atoms with van der Waals surface area (Å²) in [4.78, 5) is 14.5. The summed E-state index contributed by atoms with van der Waals surface area (Å²) in [5.74, 6) is -1.70. The molecule has 148 valence electrons. The van der Waals surface area contributed by atoms with E-state index in [-0.39, 0.29) is 23.6 Å². The molecule has 3 rings (SSSR count). The van der Waals surface area contributed by atoms with Crippen molar-refractivity contribution < 1.29 is 18.3 Å². The number of anilines is 1. The van der Waals surface area contributed by atoms with E-state index in [1.165, 1.54) is 18.2 Å². The summed E-state index contributed by atoms with van der Waals surface area (Å²) in [7, 11) is 0. The van der Waals surface area contributed by atoms with Gasteiger partial charge in [-0.2, -0.15) is 0 Å². The maximum absolute atomic E-state index is 13.6. The third-order valence-electron chi connectivity index (χ3n) is 4.71. The minimum atomic E-state index is -0.704. The van der Waals surface area contributed by atoms with Crippen LogP contribution < -0.4 is 10.2 Å². The van der Waals surface area contributed by atoms with E-state index in [9.17, 15) is 13.6 Å². The van der Waals surface area contributed by atoms with E-state index in [1.54, 1.807) is 0 Å². The molecule has 1 aliphatic heterocycles. The van der Waals surface area contributed by atoms with Crippen LogP contribution in [0.3, 0.4) is 0 Å². The normalized spacial score (nSPS) is 18.3. The topological polar surface area (TPSA) is 41.6 Å². The molecule has 1 heterocycles. The number of hydrogen-bond donors (Lipinski definition) is 1. The van der Waals surface area contributed by atoms with Crippen molar-refractivity contribution in [2.24, 2.45) is 0 Å². The lowest BCUT2D eigenvalue weighted by Crippen LogP contribution is -2.41. The molecule has 1 amide bonds. The van der Waals surface area contributed by atoms with Gasteiger partial charge in [-0.3, -0.25) is 4.79 Å². The Morgan fingerprint density at radius 2 is 2.11 bits per heavy atom. The second-order valence-electron chi connectivity index (χ2n) is 6.95. The molecular formula is C22H24F2N2O2. The standard InChI is InChI=1S/C22H24F2N2O2/c1-15-14-26(10-11-28-15)20-5-3-4-18(12-20)16(2)25-22(27)9-7-17-6-8-19(23)13-21(17)24/h3-9,12-13,15-16H,10-11,14H2,1-2H3,(H,25,27)/t15-,16?/m0/s1. The fraction of sp³-hybridized carbons (Fsp3) is 0.318. The molecule has 1 fully saturated rings. The Morgan fingerprint density at radius 3 is 2.86 bits per heavy atom. The smallest absolute Gasteiger partial charge is 0.244 e. The van der Waals surface area contributed by atoms with Crippen LogP contribution in [0.2, 0.25) is 0 Å². The number of hydrogen-bond acceptors (Lipinski definition) is 3. The highest BCUT2D eigenvalue weighted by Gasteiger charge is 2.18. The van der Waals surface area contributed by atoms with Gasteiger partial charge in [0.2, 0.25) is 5.91 Å². The van der Waals surface area contributed by atoms with Crippen LogP contribution in [-0.2, 0) is 9.53 Å². The van der Waals surface area contributed by atoms with Crippen LogP contribution in [-0.4, -0.2) is 31.7 Å². The third-order valence-corrected chi connectivity index (χ3v) is 4.71. The lowest BCUT2D eigenvalue weighted by atomic mass is 10.1. The molecule has 1 saturated heterocycles. The number of halogens is 2. The summed E-state index contributed by atoms with van der Waals surface area (Å²) in [6, 6.07) is 11.1. The van der Waals surface area contributed by atoms with Gasteiger partial charge in [0, 0.05) is 36.5 Å². The number of nitrogens with zero attached hydrogens (tertiary/aromatic N) is 1. The average Bonchev–Trinajstić information content (AvgIpc) is 2.67. The molecule has 1 N–H and O–H groups in total. The summed E-state index contributed by atoms with van der Waals surface area (Å²) in [5.41, 5.74) is 2.23. The molecule has 1 unspecified atom stereocenters. The SMILES string of the molecule is CC(NC(=O)C=Cc1ccc(F)cc1F)c1cccc(N2CCO[C@@H](C)C2)c1. The van der Waals surface area contributed by atoms with Gasteiger partial charge in [0.25, 0.3) is 0 Å². The molecule has 0 radical (unpaired) electrons. The molecule has 4 nitrogen and oxygen atoms in total. The van der Waals surface area contributed by atoms with Crippen LogP contribution in [0.5, 0.6) is 0 Å². The van der Waals surface area contributed by atoms with Crippen LogP contribution in [0.1, 0.15) is 31.0 Å². The van der Waals surface area contributed by atoms with Crippen LogP contribution in [0.25, 0.3) is 6.08 Å². The first-order chi connectivity index (χ1) is 13.4. The molecule has 2 atom stereocenters. The highest BCUT2D eigenvalue weighted by atomic mass is 19.1.